The number of benzene rings is 1. The van der Waals surface area contributed by atoms with Gasteiger partial charge in [0.05, 0.1) is 18.8 Å². The summed E-state index contributed by atoms with van der Waals surface area (Å²) in [4.78, 5) is 23.2. The van der Waals surface area contributed by atoms with Crippen LogP contribution < -0.4 is 0 Å². The lowest BCUT2D eigenvalue weighted by Gasteiger charge is -2.05. The summed E-state index contributed by atoms with van der Waals surface area (Å²) in [5.74, 6) is -1.12. The molecule has 1 aliphatic heterocycles. The summed E-state index contributed by atoms with van der Waals surface area (Å²) in [5, 5.41) is 4.87. The number of ether oxygens (including phenoxy) is 2. The van der Waals surface area contributed by atoms with Crippen LogP contribution in [0.4, 0.5) is 0 Å². The second-order valence-electron chi connectivity index (χ2n) is 6.15. The number of rotatable bonds is 5. The van der Waals surface area contributed by atoms with Crippen LogP contribution in [0.5, 0.6) is 0 Å². The zero-order valence-corrected chi connectivity index (χ0v) is 15.3. The first kappa shape index (κ1) is 18.2. The predicted molar refractivity (Wildman–Crippen MR) is 96.7 cm³/mol. The van der Waals surface area contributed by atoms with E-state index in [2.05, 4.69) is 5.10 Å². The molecule has 0 aliphatic carbocycles. The summed E-state index contributed by atoms with van der Waals surface area (Å²) >= 11 is 6.41. The molecule has 0 amide bonds. The van der Waals surface area contributed by atoms with Crippen LogP contribution in [-0.2, 0) is 25.6 Å². The quantitative estimate of drug-likeness (QED) is 0.594. The van der Waals surface area contributed by atoms with Crippen molar-refractivity contribution in [2.75, 3.05) is 6.61 Å². The van der Waals surface area contributed by atoms with Gasteiger partial charge in [-0.25, -0.2) is 14.3 Å². The molecule has 136 valence electrons. The first-order valence-corrected chi connectivity index (χ1v) is 8.65. The minimum Gasteiger partial charge on any atom is -0.463 e. The molecule has 1 aromatic carbocycles. The smallest absolute Gasteiger partial charge is 0.347 e. The fourth-order valence-corrected chi connectivity index (χ4v) is 2.94. The number of carbonyl (C=O) groups is 2. The van der Waals surface area contributed by atoms with Crippen molar-refractivity contribution in [3.63, 3.8) is 0 Å². The van der Waals surface area contributed by atoms with Gasteiger partial charge in [-0.3, -0.25) is 0 Å². The molecule has 1 saturated heterocycles. The van der Waals surface area contributed by atoms with Crippen LogP contribution in [0.1, 0.15) is 28.8 Å². The van der Waals surface area contributed by atoms with Crippen molar-refractivity contribution in [2.24, 2.45) is 0 Å². The van der Waals surface area contributed by atoms with E-state index in [1.807, 2.05) is 38.1 Å². The summed E-state index contributed by atoms with van der Waals surface area (Å²) in [6, 6.07) is 8.11. The third-order valence-corrected chi connectivity index (χ3v) is 4.49. The molecule has 1 atom stereocenters. The maximum atomic E-state index is 11.9. The molecule has 0 saturated carbocycles. The molecule has 2 aromatic rings. The summed E-state index contributed by atoms with van der Waals surface area (Å²) in [6.45, 7) is 4.66. The Labute approximate surface area is 156 Å². The van der Waals surface area contributed by atoms with Crippen molar-refractivity contribution < 1.29 is 19.1 Å². The topological polar surface area (TPSA) is 70.4 Å². The normalized spacial score (nSPS) is 16.9. The van der Waals surface area contributed by atoms with E-state index in [1.165, 1.54) is 11.6 Å². The van der Waals surface area contributed by atoms with Crippen LogP contribution in [-0.4, -0.2) is 34.4 Å². The molecule has 0 N–H and O–H groups in total. The molecule has 2 heterocycles. The molecule has 0 bridgehead atoms. The Morgan fingerprint density at radius 1 is 1.38 bits per heavy atom. The highest BCUT2D eigenvalue weighted by atomic mass is 35.5. The number of carbonyl (C=O) groups excluding carboxylic acids is 2. The van der Waals surface area contributed by atoms with Crippen molar-refractivity contribution in [1.82, 2.24) is 9.78 Å². The molecule has 1 aliphatic rings. The minimum absolute atomic E-state index is 0.275. The molecule has 1 unspecified atom stereocenters. The van der Waals surface area contributed by atoms with E-state index >= 15 is 0 Å². The van der Waals surface area contributed by atoms with Crippen molar-refractivity contribution in [1.29, 1.82) is 0 Å². The highest BCUT2D eigenvalue weighted by Crippen LogP contribution is 2.22. The molecule has 26 heavy (non-hydrogen) atoms. The van der Waals surface area contributed by atoms with Crippen LogP contribution >= 0.6 is 11.6 Å². The first-order chi connectivity index (χ1) is 12.4. The molecular formula is C19H19ClN2O4. The number of aryl methyl sites for hydroxylation is 2. The highest BCUT2D eigenvalue weighted by Gasteiger charge is 2.29. The van der Waals surface area contributed by atoms with Crippen molar-refractivity contribution in [3.8, 4) is 0 Å². The van der Waals surface area contributed by atoms with E-state index < -0.39 is 18.0 Å². The average Bonchev–Trinajstić information content (AvgIpc) is 3.12. The van der Waals surface area contributed by atoms with Crippen molar-refractivity contribution >= 4 is 29.6 Å². The predicted octanol–water partition coefficient (Wildman–Crippen LogP) is 3.07. The van der Waals surface area contributed by atoms with Gasteiger partial charge < -0.3 is 9.47 Å². The number of halogens is 1. The number of esters is 2. The monoisotopic (exact) mass is 374 g/mol. The lowest BCUT2D eigenvalue weighted by atomic mass is 10.1. The Kier molecular flexibility index (Phi) is 5.42. The van der Waals surface area contributed by atoms with Gasteiger partial charge in [-0.2, -0.15) is 5.10 Å². The lowest BCUT2D eigenvalue weighted by molar-refractivity contribution is -0.156. The van der Waals surface area contributed by atoms with Crippen LogP contribution in [0.3, 0.4) is 0 Å². The number of cyclic esters (lactones) is 1. The molecule has 1 aromatic heterocycles. The van der Waals surface area contributed by atoms with Crippen LogP contribution in [0, 0.1) is 13.8 Å². The number of hydrogen-bond acceptors (Lipinski definition) is 5. The number of nitrogens with zero attached hydrogens (tertiary/aromatic N) is 2. The molecule has 0 spiro atoms. The molecular weight excluding hydrogens is 356 g/mol. The third kappa shape index (κ3) is 4.14. The fraction of sp³-hybridized carbons (Fsp3) is 0.316. The average molecular weight is 375 g/mol. The largest absolute Gasteiger partial charge is 0.463 e. The Hall–Kier alpha value is -2.60. The Balaban J connectivity index is 1.70. The number of aromatic nitrogens is 2. The zero-order chi connectivity index (χ0) is 18.7. The van der Waals surface area contributed by atoms with E-state index in [1.54, 1.807) is 10.8 Å². The molecule has 6 nitrogen and oxygen atoms in total. The second kappa shape index (κ2) is 7.74. The maximum Gasteiger partial charge on any atom is 0.347 e. The lowest BCUT2D eigenvalue weighted by Crippen LogP contribution is -2.21. The van der Waals surface area contributed by atoms with Gasteiger partial charge in [0.1, 0.15) is 5.15 Å². The van der Waals surface area contributed by atoms with Crippen LogP contribution in [0.15, 0.2) is 30.3 Å². The number of hydrogen-bond donors (Lipinski definition) is 0. The summed E-state index contributed by atoms with van der Waals surface area (Å²) in [6.07, 6.45) is 2.36. The van der Waals surface area contributed by atoms with Crippen molar-refractivity contribution in [2.45, 2.75) is 32.9 Å². The maximum absolute atomic E-state index is 11.9. The highest BCUT2D eigenvalue weighted by molar-refractivity contribution is 6.31. The van der Waals surface area contributed by atoms with Crippen molar-refractivity contribution in [3.05, 3.63) is 57.9 Å². The molecule has 1 fully saturated rings. The van der Waals surface area contributed by atoms with Gasteiger partial charge in [0.25, 0.3) is 0 Å². The van der Waals surface area contributed by atoms with E-state index in [0.29, 0.717) is 29.4 Å². The summed E-state index contributed by atoms with van der Waals surface area (Å²) in [7, 11) is 0. The van der Waals surface area contributed by atoms with E-state index in [9.17, 15) is 9.59 Å². The Morgan fingerprint density at radius 2 is 2.12 bits per heavy atom. The van der Waals surface area contributed by atoms with Crippen LogP contribution in [0.2, 0.25) is 5.15 Å². The van der Waals surface area contributed by atoms with E-state index in [-0.39, 0.29) is 6.61 Å². The van der Waals surface area contributed by atoms with Gasteiger partial charge in [-0.05, 0) is 25.5 Å². The first-order valence-electron chi connectivity index (χ1n) is 8.28. The SMILES string of the molecule is Cc1ccc(Cn2nc(C)c(C=CC(=O)OC3CCOC3=O)c2Cl)cc1. The van der Waals surface area contributed by atoms with Gasteiger partial charge in [-0.1, -0.05) is 41.4 Å². The van der Waals surface area contributed by atoms with Gasteiger partial charge in [0, 0.05) is 18.1 Å². The van der Waals surface area contributed by atoms with Gasteiger partial charge >= 0.3 is 11.9 Å². The van der Waals surface area contributed by atoms with Gasteiger partial charge in [0.2, 0.25) is 6.10 Å². The van der Waals surface area contributed by atoms with Gasteiger partial charge in [0.15, 0.2) is 0 Å². The third-order valence-electron chi connectivity index (χ3n) is 4.09. The molecule has 7 heteroatoms. The summed E-state index contributed by atoms with van der Waals surface area (Å²) in [5.41, 5.74) is 3.61. The van der Waals surface area contributed by atoms with E-state index in [4.69, 9.17) is 21.1 Å². The Morgan fingerprint density at radius 3 is 2.77 bits per heavy atom. The Bertz CT molecular complexity index is 855. The van der Waals surface area contributed by atoms with E-state index in [0.717, 1.165) is 5.56 Å². The fourth-order valence-electron chi connectivity index (χ4n) is 2.64. The second-order valence-corrected chi connectivity index (χ2v) is 6.51. The van der Waals surface area contributed by atoms with Gasteiger partial charge in [-0.15, -0.1) is 0 Å². The minimum atomic E-state index is -0.826. The van der Waals surface area contributed by atoms with Crippen LogP contribution in [0.25, 0.3) is 6.08 Å². The standard InChI is InChI=1S/C19H19ClN2O4/c1-12-3-5-14(6-4-12)11-22-18(20)15(13(2)21-22)7-8-17(23)26-16-9-10-25-19(16)24/h3-8,16H,9-11H2,1-2H3. The molecule has 0 radical (unpaired) electrons. The summed E-state index contributed by atoms with van der Waals surface area (Å²) < 4.78 is 11.5. The zero-order valence-electron chi connectivity index (χ0n) is 14.6. The molecule has 3 rings (SSSR count).